The van der Waals surface area contributed by atoms with Crippen LogP contribution in [-0.4, -0.2) is 25.0 Å². The fraction of sp³-hybridized carbons (Fsp3) is 0.240. The van der Waals surface area contributed by atoms with E-state index in [1.54, 1.807) is 26.4 Å². The van der Waals surface area contributed by atoms with Crippen LogP contribution in [0.2, 0.25) is 0 Å². The molecule has 29 heavy (non-hydrogen) atoms. The lowest BCUT2D eigenvalue weighted by molar-refractivity contribution is 0.0514. The number of benzene rings is 3. The minimum Gasteiger partial charge on any atom is -0.497 e. The van der Waals surface area contributed by atoms with Gasteiger partial charge in [-0.2, -0.15) is 0 Å². The number of methoxy groups -OCH3 is 2. The smallest absolute Gasteiger partial charge is 0.254 e. The molecule has 0 atom stereocenters. The fourth-order valence-electron chi connectivity index (χ4n) is 3.37. The SMILES string of the molecule is COc1ccc(C(=O)N(Cc2cccc(OC)c2)C(C)(C)c2ccccc2)cc1. The van der Waals surface area contributed by atoms with Gasteiger partial charge in [-0.15, -0.1) is 0 Å². The summed E-state index contributed by atoms with van der Waals surface area (Å²) in [6.45, 7) is 4.61. The molecule has 0 unspecified atom stereocenters. The van der Waals surface area contributed by atoms with Gasteiger partial charge in [0.2, 0.25) is 0 Å². The number of nitrogens with zero attached hydrogens (tertiary/aromatic N) is 1. The van der Waals surface area contributed by atoms with Crippen molar-refractivity contribution in [3.63, 3.8) is 0 Å². The summed E-state index contributed by atoms with van der Waals surface area (Å²) in [4.78, 5) is 15.5. The zero-order valence-corrected chi connectivity index (χ0v) is 17.4. The first kappa shape index (κ1) is 20.5. The third kappa shape index (κ3) is 4.60. The van der Waals surface area contributed by atoms with E-state index in [0.717, 1.165) is 22.6 Å². The molecule has 3 rings (SSSR count). The van der Waals surface area contributed by atoms with Gasteiger partial charge >= 0.3 is 0 Å². The van der Waals surface area contributed by atoms with Crippen LogP contribution in [0.25, 0.3) is 0 Å². The Bertz CT molecular complexity index is 949. The molecule has 0 aliphatic carbocycles. The largest absolute Gasteiger partial charge is 0.497 e. The molecule has 0 bridgehead atoms. The lowest BCUT2D eigenvalue weighted by Crippen LogP contribution is -2.45. The van der Waals surface area contributed by atoms with Crippen molar-refractivity contribution in [3.8, 4) is 11.5 Å². The molecule has 0 radical (unpaired) electrons. The first-order chi connectivity index (χ1) is 14.0. The molecule has 0 saturated heterocycles. The van der Waals surface area contributed by atoms with Gasteiger partial charge < -0.3 is 14.4 Å². The van der Waals surface area contributed by atoms with Gasteiger partial charge in [-0.1, -0.05) is 42.5 Å². The van der Waals surface area contributed by atoms with E-state index in [9.17, 15) is 4.79 Å². The summed E-state index contributed by atoms with van der Waals surface area (Å²) in [5, 5.41) is 0. The predicted octanol–water partition coefficient (Wildman–Crippen LogP) is 5.28. The second-order valence-corrected chi connectivity index (χ2v) is 7.40. The molecule has 0 heterocycles. The Morgan fingerprint density at radius 2 is 1.48 bits per heavy atom. The molecular weight excluding hydrogens is 362 g/mol. The number of amides is 1. The van der Waals surface area contributed by atoms with Crippen LogP contribution in [0.1, 0.15) is 35.3 Å². The highest BCUT2D eigenvalue weighted by atomic mass is 16.5. The van der Waals surface area contributed by atoms with Crippen molar-refractivity contribution >= 4 is 5.91 Å². The first-order valence-corrected chi connectivity index (χ1v) is 9.60. The van der Waals surface area contributed by atoms with E-state index in [0.29, 0.717) is 12.1 Å². The lowest BCUT2D eigenvalue weighted by Gasteiger charge is -2.39. The number of carbonyl (C=O) groups is 1. The number of ether oxygens (including phenoxy) is 2. The molecule has 4 nitrogen and oxygen atoms in total. The third-order valence-corrected chi connectivity index (χ3v) is 5.21. The highest BCUT2D eigenvalue weighted by Crippen LogP contribution is 2.31. The number of hydrogen-bond donors (Lipinski definition) is 0. The average molecular weight is 389 g/mol. The van der Waals surface area contributed by atoms with E-state index in [2.05, 4.69) is 26.0 Å². The van der Waals surface area contributed by atoms with Crippen molar-refractivity contribution in [2.75, 3.05) is 14.2 Å². The first-order valence-electron chi connectivity index (χ1n) is 9.60. The molecular formula is C25H27NO3. The Labute approximate surface area is 172 Å². The van der Waals surface area contributed by atoms with Crippen LogP contribution in [0.15, 0.2) is 78.9 Å². The maximum absolute atomic E-state index is 13.6. The van der Waals surface area contributed by atoms with Gasteiger partial charge in [0.15, 0.2) is 0 Å². The fourth-order valence-corrected chi connectivity index (χ4v) is 3.37. The third-order valence-electron chi connectivity index (χ3n) is 5.21. The Morgan fingerprint density at radius 3 is 2.10 bits per heavy atom. The Kier molecular flexibility index (Phi) is 6.23. The zero-order chi connectivity index (χ0) is 20.9. The number of hydrogen-bond acceptors (Lipinski definition) is 3. The monoisotopic (exact) mass is 389 g/mol. The van der Waals surface area contributed by atoms with E-state index in [1.165, 1.54) is 0 Å². The van der Waals surface area contributed by atoms with Gasteiger partial charge in [0, 0.05) is 12.1 Å². The standard InChI is InChI=1S/C25H27NO3/c1-25(2,21-10-6-5-7-11-21)26(18-19-9-8-12-23(17-19)29-4)24(27)20-13-15-22(28-3)16-14-20/h5-17H,18H2,1-4H3. The van der Waals surface area contributed by atoms with Crippen LogP contribution >= 0.6 is 0 Å². The maximum atomic E-state index is 13.6. The molecule has 0 N–H and O–H groups in total. The Morgan fingerprint density at radius 1 is 0.828 bits per heavy atom. The van der Waals surface area contributed by atoms with Crippen molar-refractivity contribution in [2.45, 2.75) is 25.9 Å². The molecule has 0 spiro atoms. The second kappa shape index (κ2) is 8.82. The minimum atomic E-state index is -0.513. The van der Waals surface area contributed by atoms with Gasteiger partial charge in [-0.3, -0.25) is 4.79 Å². The molecule has 3 aromatic carbocycles. The summed E-state index contributed by atoms with van der Waals surface area (Å²) in [5.74, 6) is 1.46. The Balaban J connectivity index is 2.01. The van der Waals surface area contributed by atoms with Gasteiger partial charge in [-0.25, -0.2) is 0 Å². The summed E-state index contributed by atoms with van der Waals surface area (Å²) in [7, 11) is 3.26. The van der Waals surface area contributed by atoms with Crippen molar-refractivity contribution in [3.05, 3.63) is 95.6 Å². The van der Waals surface area contributed by atoms with Crippen molar-refractivity contribution < 1.29 is 14.3 Å². The minimum absolute atomic E-state index is 0.0377. The van der Waals surface area contributed by atoms with E-state index in [-0.39, 0.29) is 5.91 Å². The number of rotatable bonds is 7. The number of carbonyl (C=O) groups excluding carboxylic acids is 1. The van der Waals surface area contributed by atoms with Crippen LogP contribution in [-0.2, 0) is 12.1 Å². The topological polar surface area (TPSA) is 38.8 Å². The second-order valence-electron chi connectivity index (χ2n) is 7.40. The maximum Gasteiger partial charge on any atom is 0.254 e. The van der Waals surface area contributed by atoms with Crippen LogP contribution in [0.5, 0.6) is 11.5 Å². The van der Waals surface area contributed by atoms with Crippen molar-refractivity contribution in [1.29, 1.82) is 0 Å². The summed E-state index contributed by atoms with van der Waals surface area (Å²) in [6, 6.07) is 25.2. The van der Waals surface area contributed by atoms with E-state index in [1.807, 2.05) is 59.5 Å². The van der Waals surface area contributed by atoms with Crippen molar-refractivity contribution in [2.24, 2.45) is 0 Å². The lowest BCUT2D eigenvalue weighted by atomic mass is 9.90. The molecule has 0 aliphatic heterocycles. The molecule has 0 fully saturated rings. The van der Waals surface area contributed by atoms with Gasteiger partial charge in [-0.05, 0) is 61.4 Å². The molecule has 1 amide bonds. The van der Waals surface area contributed by atoms with E-state index < -0.39 is 5.54 Å². The molecule has 3 aromatic rings. The molecule has 0 aliphatic rings. The molecule has 4 heteroatoms. The van der Waals surface area contributed by atoms with Crippen molar-refractivity contribution in [1.82, 2.24) is 4.90 Å². The molecule has 0 saturated carbocycles. The average Bonchev–Trinajstić information content (AvgIpc) is 2.77. The molecule has 0 aromatic heterocycles. The van der Waals surface area contributed by atoms with Crippen LogP contribution in [0.4, 0.5) is 0 Å². The summed E-state index contributed by atoms with van der Waals surface area (Å²) >= 11 is 0. The van der Waals surface area contributed by atoms with Gasteiger partial charge in [0.05, 0.1) is 19.8 Å². The highest BCUT2D eigenvalue weighted by Gasteiger charge is 2.33. The van der Waals surface area contributed by atoms with Crippen LogP contribution in [0, 0.1) is 0 Å². The quantitative estimate of drug-likeness (QED) is 0.552. The highest BCUT2D eigenvalue weighted by molar-refractivity contribution is 5.95. The van der Waals surface area contributed by atoms with Crippen LogP contribution < -0.4 is 9.47 Å². The van der Waals surface area contributed by atoms with E-state index >= 15 is 0 Å². The van der Waals surface area contributed by atoms with E-state index in [4.69, 9.17) is 9.47 Å². The summed E-state index contributed by atoms with van der Waals surface area (Å²) in [6.07, 6.45) is 0. The normalized spacial score (nSPS) is 11.0. The van der Waals surface area contributed by atoms with Gasteiger partial charge in [0.25, 0.3) is 5.91 Å². The summed E-state index contributed by atoms with van der Waals surface area (Å²) < 4.78 is 10.6. The van der Waals surface area contributed by atoms with Crippen LogP contribution in [0.3, 0.4) is 0 Å². The van der Waals surface area contributed by atoms with Gasteiger partial charge in [0.1, 0.15) is 11.5 Å². The zero-order valence-electron chi connectivity index (χ0n) is 17.4. The summed E-state index contributed by atoms with van der Waals surface area (Å²) in [5.41, 5.74) is 2.19. The predicted molar refractivity (Wildman–Crippen MR) is 115 cm³/mol. The molecule has 150 valence electrons. The Hall–Kier alpha value is -3.27.